The minimum absolute atomic E-state index is 0.277. The number of anilines is 1. The van der Waals surface area contributed by atoms with Gasteiger partial charge in [0, 0.05) is 12.2 Å². The van der Waals surface area contributed by atoms with Crippen LogP contribution in [0.2, 0.25) is 5.02 Å². The van der Waals surface area contributed by atoms with Gasteiger partial charge < -0.3 is 10.4 Å². The van der Waals surface area contributed by atoms with Crippen molar-refractivity contribution in [2.24, 2.45) is 0 Å². The van der Waals surface area contributed by atoms with Crippen molar-refractivity contribution in [2.45, 2.75) is 19.4 Å². The van der Waals surface area contributed by atoms with Crippen LogP contribution in [-0.4, -0.2) is 17.8 Å². The Kier molecular flexibility index (Phi) is 4.72. The lowest BCUT2D eigenvalue weighted by atomic mass is 10.2. The molecule has 0 radical (unpaired) electrons. The van der Waals surface area contributed by atoms with Gasteiger partial charge in [0.25, 0.3) is 0 Å². The smallest absolute Gasteiger partial charge is 0.0593 e. The number of nitrogens with one attached hydrogen (secondary N) is 1. The number of halogens is 2. The maximum absolute atomic E-state index is 9.08. The second kappa shape index (κ2) is 5.59. The monoisotopic (exact) mass is 277 g/mol. The molecule has 0 spiro atoms. The standard InChI is InChI=1S/C10H13BrClNO/c1-7(14)5-6-13-9-4-2-3-8(12)10(9)11/h2-4,7,13-14H,5-6H2,1H3. The van der Waals surface area contributed by atoms with Gasteiger partial charge in [-0.25, -0.2) is 0 Å². The first kappa shape index (κ1) is 11.8. The molecule has 0 aliphatic heterocycles. The Morgan fingerprint density at radius 1 is 1.57 bits per heavy atom. The zero-order chi connectivity index (χ0) is 10.6. The van der Waals surface area contributed by atoms with Crippen LogP contribution in [0, 0.1) is 0 Å². The zero-order valence-corrected chi connectivity index (χ0v) is 10.3. The van der Waals surface area contributed by atoms with Crippen LogP contribution in [0.1, 0.15) is 13.3 Å². The number of aliphatic hydroxyl groups excluding tert-OH is 1. The highest BCUT2D eigenvalue weighted by Gasteiger charge is 2.03. The van der Waals surface area contributed by atoms with Crippen LogP contribution in [0.5, 0.6) is 0 Å². The molecule has 0 saturated heterocycles. The fraction of sp³-hybridized carbons (Fsp3) is 0.400. The Morgan fingerprint density at radius 2 is 2.29 bits per heavy atom. The lowest BCUT2D eigenvalue weighted by Gasteiger charge is -2.10. The third-order valence-electron chi connectivity index (χ3n) is 1.83. The zero-order valence-electron chi connectivity index (χ0n) is 7.93. The molecule has 0 aliphatic carbocycles. The van der Waals surface area contributed by atoms with Crippen LogP contribution in [0.25, 0.3) is 0 Å². The minimum atomic E-state index is -0.277. The number of aliphatic hydroxyl groups is 1. The molecule has 0 aromatic heterocycles. The summed E-state index contributed by atoms with van der Waals surface area (Å²) >= 11 is 9.31. The van der Waals surface area contributed by atoms with Crippen molar-refractivity contribution >= 4 is 33.2 Å². The molecule has 14 heavy (non-hydrogen) atoms. The lowest BCUT2D eigenvalue weighted by molar-refractivity contribution is 0.189. The van der Waals surface area contributed by atoms with Crippen LogP contribution in [0.4, 0.5) is 5.69 Å². The van der Waals surface area contributed by atoms with E-state index in [-0.39, 0.29) is 6.10 Å². The maximum atomic E-state index is 9.08. The first-order chi connectivity index (χ1) is 6.61. The van der Waals surface area contributed by atoms with Crippen molar-refractivity contribution < 1.29 is 5.11 Å². The summed E-state index contributed by atoms with van der Waals surface area (Å²) in [5.41, 5.74) is 0.957. The van der Waals surface area contributed by atoms with E-state index in [4.69, 9.17) is 16.7 Å². The summed E-state index contributed by atoms with van der Waals surface area (Å²) in [5.74, 6) is 0. The van der Waals surface area contributed by atoms with E-state index in [1.807, 2.05) is 18.2 Å². The number of hydrogen-bond acceptors (Lipinski definition) is 2. The van der Waals surface area contributed by atoms with Crippen molar-refractivity contribution in [3.05, 3.63) is 27.7 Å². The van der Waals surface area contributed by atoms with E-state index in [9.17, 15) is 0 Å². The average Bonchev–Trinajstić information content (AvgIpc) is 2.12. The van der Waals surface area contributed by atoms with Gasteiger partial charge in [0.05, 0.1) is 15.6 Å². The van der Waals surface area contributed by atoms with Crippen LogP contribution in [-0.2, 0) is 0 Å². The van der Waals surface area contributed by atoms with Crippen LogP contribution in [0.15, 0.2) is 22.7 Å². The molecule has 0 heterocycles. The summed E-state index contributed by atoms with van der Waals surface area (Å²) < 4.78 is 0.868. The highest BCUT2D eigenvalue weighted by molar-refractivity contribution is 9.10. The summed E-state index contributed by atoms with van der Waals surface area (Å²) in [7, 11) is 0. The summed E-state index contributed by atoms with van der Waals surface area (Å²) in [5, 5.41) is 13.0. The third kappa shape index (κ3) is 3.48. The van der Waals surface area contributed by atoms with Gasteiger partial charge in [-0.15, -0.1) is 0 Å². The van der Waals surface area contributed by atoms with E-state index in [2.05, 4.69) is 21.2 Å². The Bertz CT molecular complexity index is 304. The van der Waals surface area contributed by atoms with Crippen molar-refractivity contribution in [1.82, 2.24) is 0 Å². The Balaban J connectivity index is 2.54. The van der Waals surface area contributed by atoms with Crippen molar-refractivity contribution in [3.63, 3.8) is 0 Å². The topological polar surface area (TPSA) is 32.3 Å². The molecule has 0 fully saturated rings. The first-order valence-electron chi connectivity index (χ1n) is 4.47. The lowest BCUT2D eigenvalue weighted by Crippen LogP contribution is -2.09. The second-order valence-corrected chi connectivity index (χ2v) is 4.37. The SMILES string of the molecule is CC(O)CCNc1cccc(Cl)c1Br. The summed E-state index contributed by atoms with van der Waals surface area (Å²) in [4.78, 5) is 0. The normalized spacial score (nSPS) is 12.6. The summed E-state index contributed by atoms with van der Waals surface area (Å²) in [6, 6.07) is 5.65. The van der Waals surface area contributed by atoms with Crippen molar-refractivity contribution in [1.29, 1.82) is 0 Å². The van der Waals surface area contributed by atoms with Crippen LogP contribution >= 0.6 is 27.5 Å². The quantitative estimate of drug-likeness (QED) is 0.886. The minimum Gasteiger partial charge on any atom is -0.393 e. The van der Waals surface area contributed by atoms with Gasteiger partial charge in [-0.2, -0.15) is 0 Å². The number of rotatable bonds is 4. The molecule has 0 aliphatic rings. The predicted molar refractivity (Wildman–Crippen MR) is 63.9 cm³/mol. The van der Waals surface area contributed by atoms with Crippen LogP contribution in [0.3, 0.4) is 0 Å². The van der Waals surface area contributed by atoms with E-state index in [0.29, 0.717) is 5.02 Å². The van der Waals surface area contributed by atoms with Gasteiger partial charge in [-0.3, -0.25) is 0 Å². The average molecular weight is 279 g/mol. The molecule has 0 bridgehead atoms. The highest BCUT2D eigenvalue weighted by atomic mass is 79.9. The molecule has 0 saturated carbocycles. The second-order valence-electron chi connectivity index (χ2n) is 3.17. The molecular formula is C10H13BrClNO. The number of benzene rings is 1. The predicted octanol–water partition coefficient (Wildman–Crippen LogP) is 3.29. The third-order valence-corrected chi connectivity index (χ3v) is 3.23. The highest BCUT2D eigenvalue weighted by Crippen LogP contribution is 2.29. The molecule has 2 nitrogen and oxygen atoms in total. The fourth-order valence-corrected chi connectivity index (χ4v) is 1.64. The Labute approximate surface area is 97.4 Å². The van der Waals surface area contributed by atoms with Gasteiger partial charge in [0.2, 0.25) is 0 Å². The van der Waals surface area contributed by atoms with E-state index in [1.54, 1.807) is 6.92 Å². The van der Waals surface area contributed by atoms with Crippen molar-refractivity contribution in [2.75, 3.05) is 11.9 Å². The van der Waals surface area contributed by atoms with Gasteiger partial charge >= 0.3 is 0 Å². The summed E-state index contributed by atoms with van der Waals surface area (Å²) in [6.45, 7) is 2.51. The molecule has 1 atom stereocenters. The molecule has 0 amide bonds. The van der Waals surface area contributed by atoms with E-state index in [0.717, 1.165) is 23.1 Å². The first-order valence-corrected chi connectivity index (χ1v) is 5.64. The fourth-order valence-electron chi connectivity index (χ4n) is 1.06. The summed E-state index contributed by atoms with van der Waals surface area (Å²) in [6.07, 6.45) is 0.444. The van der Waals surface area contributed by atoms with Gasteiger partial charge in [-0.1, -0.05) is 17.7 Å². The molecule has 4 heteroatoms. The van der Waals surface area contributed by atoms with Crippen molar-refractivity contribution in [3.8, 4) is 0 Å². The van der Waals surface area contributed by atoms with Gasteiger partial charge in [0.15, 0.2) is 0 Å². The molecule has 1 aromatic rings. The maximum Gasteiger partial charge on any atom is 0.0593 e. The molecule has 1 rings (SSSR count). The number of hydrogen-bond donors (Lipinski definition) is 2. The molecule has 1 aromatic carbocycles. The molecule has 2 N–H and O–H groups in total. The van der Waals surface area contributed by atoms with E-state index >= 15 is 0 Å². The largest absolute Gasteiger partial charge is 0.393 e. The van der Waals surface area contributed by atoms with Gasteiger partial charge in [0.1, 0.15) is 0 Å². The Hall–Kier alpha value is -0.250. The molecule has 1 unspecified atom stereocenters. The van der Waals surface area contributed by atoms with E-state index in [1.165, 1.54) is 0 Å². The molecular weight excluding hydrogens is 265 g/mol. The Morgan fingerprint density at radius 3 is 2.93 bits per heavy atom. The van der Waals surface area contributed by atoms with Gasteiger partial charge in [-0.05, 0) is 41.4 Å². The molecule has 78 valence electrons. The van der Waals surface area contributed by atoms with E-state index < -0.39 is 0 Å². The van der Waals surface area contributed by atoms with Crippen LogP contribution < -0.4 is 5.32 Å².